The summed E-state index contributed by atoms with van der Waals surface area (Å²) >= 11 is 0. The van der Waals surface area contributed by atoms with Gasteiger partial charge in [-0.1, -0.05) is 12.1 Å². The van der Waals surface area contributed by atoms with Crippen LogP contribution in [-0.4, -0.2) is 41.3 Å². The lowest BCUT2D eigenvalue weighted by molar-refractivity contribution is 0.0351. The van der Waals surface area contributed by atoms with Gasteiger partial charge in [-0.15, -0.1) is 0 Å². The summed E-state index contributed by atoms with van der Waals surface area (Å²) in [5.74, 6) is 2.81. The molecule has 0 radical (unpaired) electrons. The second kappa shape index (κ2) is 6.95. The molecule has 0 spiro atoms. The van der Waals surface area contributed by atoms with Crippen LogP contribution in [0.15, 0.2) is 36.7 Å². The third-order valence-corrected chi connectivity index (χ3v) is 5.27. The van der Waals surface area contributed by atoms with Crippen LogP contribution in [0.1, 0.15) is 30.3 Å². The van der Waals surface area contributed by atoms with Crippen LogP contribution in [0.2, 0.25) is 0 Å². The molecule has 2 aromatic rings. The van der Waals surface area contributed by atoms with E-state index in [-0.39, 0.29) is 0 Å². The maximum Gasteiger partial charge on any atom is 0.122 e. The number of nitrogens with zero attached hydrogens (tertiary/aromatic N) is 3. The van der Waals surface area contributed by atoms with Crippen molar-refractivity contribution in [2.45, 2.75) is 32.0 Å². The monoisotopic (exact) mass is 327 g/mol. The van der Waals surface area contributed by atoms with Crippen molar-refractivity contribution in [2.75, 3.05) is 26.9 Å². The lowest BCUT2D eigenvalue weighted by Crippen LogP contribution is -2.40. The number of fused-ring (bicyclic) bond motifs is 1. The van der Waals surface area contributed by atoms with Gasteiger partial charge in [0, 0.05) is 38.7 Å². The van der Waals surface area contributed by atoms with Gasteiger partial charge in [0.2, 0.25) is 0 Å². The molecule has 4 rings (SSSR count). The first-order valence-electron chi connectivity index (χ1n) is 8.79. The highest BCUT2D eigenvalue weighted by molar-refractivity contribution is 5.31. The molecule has 1 saturated heterocycles. The zero-order chi connectivity index (χ0) is 16.4. The van der Waals surface area contributed by atoms with Gasteiger partial charge in [-0.25, -0.2) is 4.98 Å². The summed E-state index contributed by atoms with van der Waals surface area (Å²) in [6.45, 7) is 4.77. The number of rotatable bonds is 4. The van der Waals surface area contributed by atoms with Gasteiger partial charge in [-0.2, -0.15) is 0 Å². The van der Waals surface area contributed by atoms with Gasteiger partial charge >= 0.3 is 0 Å². The summed E-state index contributed by atoms with van der Waals surface area (Å²) in [6, 6.07) is 8.85. The van der Waals surface area contributed by atoms with E-state index in [0.717, 1.165) is 51.4 Å². The summed E-state index contributed by atoms with van der Waals surface area (Å²) in [6.07, 6.45) is 6.33. The number of aromatic nitrogens is 2. The lowest BCUT2D eigenvalue weighted by atomic mass is 9.96. The Balaban J connectivity index is 1.60. The number of imidazole rings is 1. The average Bonchev–Trinajstić information content (AvgIpc) is 3.09. The molecule has 2 aliphatic heterocycles. The molecule has 3 heterocycles. The molecule has 24 heavy (non-hydrogen) atoms. The Hall–Kier alpha value is -1.85. The van der Waals surface area contributed by atoms with E-state index in [9.17, 15) is 0 Å². The van der Waals surface area contributed by atoms with E-state index in [1.165, 1.54) is 11.4 Å². The van der Waals surface area contributed by atoms with Gasteiger partial charge in [0.15, 0.2) is 0 Å². The average molecular weight is 327 g/mol. The highest BCUT2D eigenvalue weighted by Crippen LogP contribution is 2.32. The molecule has 2 aliphatic rings. The van der Waals surface area contributed by atoms with Gasteiger partial charge in [0.05, 0.1) is 19.7 Å². The lowest BCUT2D eigenvalue weighted by Gasteiger charge is -2.39. The van der Waals surface area contributed by atoms with Crippen molar-refractivity contribution in [1.29, 1.82) is 0 Å². The van der Waals surface area contributed by atoms with Gasteiger partial charge in [-0.05, 0) is 36.5 Å². The van der Waals surface area contributed by atoms with Gasteiger partial charge in [0.25, 0.3) is 0 Å². The second-order valence-corrected chi connectivity index (χ2v) is 6.77. The molecular weight excluding hydrogens is 302 g/mol. The van der Waals surface area contributed by atoms with Crippen molar-refractivity contribution in [3.8, 4) is 5.75 Å². The molecule has 1 fully saturated rings. The molecule has 128 valence electrons. The highest BCUT2D eigenvalue weighted by atomic mass is 16.5. The summed E-state index contributed by atoms with van der Waals surface area (Å²) in [5, 5.41) is 0. The molecule has 0 aliphatic carbocycles. The number of methoxy groups -OCH3 is 1. The van der Waals surface area contributed by atoms with E-state index < -0.39 is 0 Å². The van der Waals surface area contributed by atoms with Crippen LogP contribution in [0.4, 0.5) is 0 Å². The van der Waals surface area contributed by atoms with E-state index in [0.29, 0.717) is 12.0 Å². The quantitative estimate of drug-likeness (QED) is 0.866. The smallest absolute Gasteiger partial charge is 0.122 e. The zero-order valence-corrected chi connectivity index (χ0v) is 14.2. The molecule has 0 bridgehead atoms. The minimum atomic E-state index is 0.365. The first kappa shape index (κ1) is 15.7. The Morgan fingerprint density at radius 1 is 1.29 bits per heavy atom. The molecule has 1 atom stereocenters. The predicted molar refractivity (Wildman–Crippen MR) is 91.9 cm³/mol. The normalized spacial score (nSPS) is 22.3. The fourth-order valence-corrected chi connectivity index (χ4v) is 3.87. The van der Waals surface area contributed by atoms with Crippen LogP contribution >= 0.6 is 0 Å². The number of benzene rings is 1. The summed E-state index contributed by atoms with van der Waals surface area (Å²) in [7, 11) is 1.73. The van der Waals surface area contributed by atoms with Gasteiger partial charge in [-0.3, -0.25) is 4.90 Å². The highest BCUT2D eigenvalue weighted by Gasteiger charge is 2.30. The van der Waals surface area contributed by atoms with Crippen molar-refractivity contribution in [3.63, 3.8) is 0 Å². The third kappa shape index (κ3) is 3.19. The molecule has 0 unspecified atom stereocenters. The molecule has 1 aromatic heterocycles. The zero-order valence-electron chi connectivity index (χ0n) is 14.2. The summed E-state index contributed by atoms with van der Waals surface area (Å²) in [5.41, 5.74) is 1.32. The van der Waals surface area contributed by atoms with Crippen LogP contribution in [0, 0.1) is 5.92 Å². The van der Waals surface area contributed by atoms with Gasteiger partial charge < -0.3 is 14.0 Å². The van der Waals surface area contributed by atoms with Crippen LogP contribution in [-0.2, 0) is 17.8 Å². The second-order valence-electron chi connectivity index (χ2n) is 6.77. The largest absolute Gasteiger partial charge is 0.497 e. The van der Waals surface area contributed by atoms with E-state index in [1.54, 1.807) is 7.11 Å². The molecule has 5 heteroatoms. The van der Waals surface area contributed by atoms with Crippen molar-refractivity contribution < 1.29 is 9.47 Å². The number of hydrogen-bond acceptors (Lipinski definition) is 4. The summed E-state index contributed by atoms with van der Waals surface area (Å²) < 4.78 is 13.2. The van der Waals surface area contributed by atoms with Gasteiger partial charge in [0.1, 0.15) is 11.6 Å². The van der Waals surface area contributed by atoms with Crippen LogP contribution in [0.25, 0.3) is 0 Å². The maximum atomic E-state index is 5.52. The topological polar surface area (TPSA) is 39.5 Å². The molecule has 0 N–H and O–H groups in total. The Morgan fingerprint density at radius 2 is 2.17 bits per heavy atom. The fourth-order valence-electron chi connectivity index (χ4n) is 3.87. The first-order valence-corrected chi connectivity index (χ1v) is 8.79. The maximum absolute atomic E-state index is 5.52. The van der Waals surface area contributed by atoms with E-state index in [1.807, 2.05) is 12.3 Å². The minimum absolute atomic E-state index is 0.365. The third-order valence-electron chi connectivity index (χ3n) is 5.27. The summed E-state index contributed by atoms with van der Waals surface area (Å²) in [4.78, 5) is 7.12. The van der Waals surface area contributed by atoms with Crippen molar-refractivity contribution in [1.82, 2.24) is 14.5 Å². The Morgan fingerprint density at radius 3 is 3.00 bits per heavy atom. The van der Waals surface area contributed by atoms with E-state index >= 15 is 0 Å². The standard InChI is InChI=1S/C19H25N3O2/c1-23-17-4-2-3-16(11-17)18-13-21-8-7-20-19(21)14-22(18)12-15-5-9-24-10-6-15/h2-4,7-8,11,15,18H,5-6,9-10,12-14H2,1H3/t18-/m1/s1. The molecule has 0 amide bonds. The molecule has 0 saturated carbocycles. The fraction of sp³-hybridized carbons (Fsp3) is 0.526. The van der Waals surface area contributed by atoms with Crippen molar-refractivity contribution in [2.24, 2.45) is 5.92 Å². The molecule has 5 nitrogen and oxygen atoms in total. The van der Waals surface area contributed by atoms with Crippen LogP contribution in [0.5, 0.6) is 5.75 Å². The minimum Gasteiger partial charge on any atom is -0.497 e. The number of hydrogen-bond donors (Lipinski definition) is 0. The number of ether oxygens (including phenoxy) is 2. The van der Waals surface area contributed by atoms with E-state index in [2.05, 4.69) is 38.8 Å². The van der Waals surface area contributed by atoms with Crippen LogP contribution in [0.3, 0.4) is 0 Å². The van der Waals surface area contributed by atoms with Crippen molar-refractivity contribution >= 4 is 0 Å². The first-order chi connectivity index (χ1) is 11.8. The van der Waals surface area contributed by atoms with Crippen LogP contribution < -0.4 is 4.74 Å². The molecular formula is C19H25N3O2. The SMILES string of the molecule is COc1cccc([C@H]2Cn3ccnc3CN2CC2CCOCC2)c1. The Labute approximate surface area is 143 Å². The van der Waals surface area contributed by atoms with Crippen molar-refractivity contribution in [3.05, 3.63) is 48.0 Å². The molecule has 1 aromatic carbocycles. The van der Waals surface area contributed by atoms with E-state index in [4.69, 9.17) is 9.47 Å². The Kier molecular flexibility index (Phi) is 4.54. The predicted octanol–water partition coefficient (Wildman–Crippen LogP) is 2.88. The Bertz CT molecular complexity index is 679.